The zero-order chi connectivity index (χ0) is 21.8. The number of unbranched alkanes of at least 4 members (excludes halogenated alkanes) is 6. The summed E-state index contributed by atoms with van der Waals surface area (Å²) in [7, 11) is 0. The number of anilines is 3. The van der Waals surface area contributed by atoms with Crippen LogP contribution in [0.3, 0.4) is 0 Å². The van der Waals surface area contributed by atoms with Crippen LogP contribution in [0.25, 0.3) is 0 Å². The summed E-state index contributed by atoms with van der Waals surface area (Å²) in [5, 5.41) is 3.49. The van der Waals surface area contributed by atoms with E-state index < -0.39 is 0 Å². The molecule has 0 fully saturated rings. The van der Waals surface area contributed by atoms with Crippen molar-refractivity contribution in [2.45, 2.75) is 91.4 Å². The minimum Gasteiger partial charge on any atom is -0.357 e. The van der Waals surface area contributed by atoms with Crippen LogP contribution >= 0.6 is 0 Å². The van der Waals surface area contributed by atoms with Gasteiger partial charge in [-0.2, -0.15) is 0 Å². The molecule has 3 heteroatoms. The normalized spacial score (nSPS) is 11.5. The van der Waals surface area contributed by atoms with Gasteiger partial charge in [0.05, 0.1) is 11.9 Å². The maximum atomic E-state index is 4.79. The first-order valence-electron chi connectivity index (χ1n) is 12.0. The molecule has 30 heavy (non-hydrogen) atoms. The van der Waals surface area contributed by atoms with Crippen molar-refractivity contribution in [1.82, 2.24) is 4.98 Å². The van der Waals surface area contributed by atoms with E-state index in [0.717, 1.165) is 30.3 Å². The number of nitrogens with zero attached hydrogens (tertiary/aromatic N) is 2. The third-order valence-corrected chi connectivity index (χ3v) is 5.67. The second-order valence-electron chi connectivity index (χ2n) is 9.47. The molecule has 0 spiro atoms. The highest BCUT2D eigenvalue weighted by Gasteiger charge is 2.13. The van der Waals surface area contributed by atoms with Crippen LogP contribution in [-0.2, 0) is 5.41 Å². The van der Waals surface area contributed by atoms with E-state index in [1.165, 1.54) is 56.9 Å². The molecule has 0 saturated heterocycles. The highest BCUT2D eigenvalue weighted by molar-refractivity contribution is 5.60. The Bertz CT molecular complexity index is 686. The van der Waals surface area contributed by atoms with E-state index in [0.29, 0.717) is 0 Å². The third-order valence-electron chi connectivity index (χ3n) is 5.67. The summed E-state index contributed by atoms with van der Waals surface area (Å²) in [4.78, 5) is 7.27. The molecule has 3 nitrogen and oxygen atoms in total. The van der Waals surface area contributed by atoms with Crippen molar-refractivity contribution < 1.29 is 0 Å². The zero-order valence-electron chi connectivity index (χ0n) is 20.0. The molecule has 2 aromatic rings. The van der Waals surface area contributed by atoms with Crippen LogP contribution in [0.1, 0.15) is 91.5 Å². The molecule has 0 aliphatic carbocycles. The van der Waals surface area contributed by atoms with Gasteiger partial charge in [0.15, 0.2) is 0 Å². The van der Waals surface area contributed by atoms with Gasteiger partial charge in [0.25, 0.3) is 0 Å². The van der Waals surface area contributed by atoms with Crippen molar-refractivity contribution in [3.63, 3.8) is 0 Å². The van der Waals surface area contributed by atoms with E-state index >= 15 is 0 Å². The molecule has 0 unspecified atom stereocenters. The maximum absolute atomic E-state index is 4.79. The highest BCUT2D eigenvalue weighted by atomic mass is 15.2. The van der Waals surface area contributed by atoms with E-state index in [4.69, 9.17) is 4.98 Å². The summed E-state index contributed by atoms with van der Waals surface area (Å²) in [5.74, 6) is 1.11. The first kappa shape index (κ1) is 24.2. The fraction of sp³-hybridized carbons (Fsp3) is 0.593. The summed E-state index contributed by atoms with van der Waals surface area (Å²) in [6.07, 6.45) is 12.3. The van der Waals surface area contributed by atoms with E-state index in [9.17, 15) is 0 Å². The Morgan fingerprint density at radius 3 is 1.77 bits per heavy atom. The van der Waals surface area contributed by atoms with Crippen molar-refractivity contribution in [3.05, 3.63) is 48.2 Å². The van der Waals surface area contributed by atoms with E-state index in [-0.39, 0.29) is 5.41 Å². The Hall–Kier alpha value is -2.03. The number of pyridine rings is 1. The molecule has 0 amide bonds. The number of rotatable bonds is 13. The molecule has 2 rings (SSSR count). The summed E-state index contributed by atoms with van der Waals surface area (Å²) in [5.41, 5.74) is 3.68. The zero-order valence-corrected chi connectivity index (χ0v) is 20.0. The predicted molar refractivity (Wildman–Crippen MR) is 133 cm³/mol. The lowest BCUT2D eigenvalue weighted by molar-refractivity contribution is 0.590. The number of aromatic nitrogens is 1. The molecule has 1 aromatic carbocycles. The Morgan fingerprint density at radius 1 is 0.733 bits per heavy atom. The quantitative estimate of drug-likeness (QED) is 0.339. The average molecular weight is 410 g/mol. The van der Waals surface area contributed by atoms with Gasteiger partial charge in [0.2, 0.25) is 0 Å². The van der Waals surface area contributed by atoms with Crippen LogP contribution in [-0.4, -0.2) is 18.1 Å². The topological polar surface area (TPSA) is 28.2 Å². The summed E-state index contributed by atoms with van der Waals surface area (Å²) < 4.78 is 0. The van der Waals surface area contributed by atoms with Crippen molar-refractivity contribution in [2.75, 3.05) is 23.3 Å². The van der Waals surface area contributed by atoms with Crippen LogP contribution in [0.4, 0.5) is 17.2 Å². The fourth-order valence-corrected chi connectivity index (χ4v) is 3.67. The first-order valence-corrected chi connectivity index (χ1v) is 12.0. The smallest absolute Gasteiger partial charge is 0.128 e. The summed E-state index contributed by atoms with van der Waals surface area (Å²) in [6, 6.07) is 13.1. The molecule has 0 atom stereocenters. The number of hydrogen-bond acceptors (Lipinski definition) is 3. The van der Waals surface area contributed by atoms with E-state index in [2.05, 4.69) is 81.2 Å². The first-order chi connectivity index (χ1) is 14.4. The van der Waals surface area contributed by atoms with E-state index in [1.54, 1.807) is 0 Å². The standard InChI is InChI=1S/C27H43N3/c1-6-8-10-12-20-30(21-13-11-9-7-2)26-19-18-25(22-28-26)29-24-16-14-23(15-17-24)27(3,4)5/h14-19,22,29H,6-13,20-21H2,1-5H3. The van der Waals surface area contributed by atoms with Crippen molar-refractivity contribution in [2.24, 2.45) is 0 Å². The van der Waals surface area contributed by atoms with Gasteiger partial charge in [-0.1, -0.05) is 85.3 Å². The summed E-state index contributed by atoms with van der Waals surface area (Å²) in [6.45, 7) is 13.5. The van der Waals surface area contributed by atoms with Gasteiger partial charge in [-0.15, -0.1) is 0 Å². The molecule has 0 aliphatic heterocycles. The van der Waals surface area contributed by atoms with Crippen LogP contribution < -0.4 is 10.2 Å². The van der Waals surface area contributed by atoms with Crippen LogP contribution in [0.15, 0.2) is 42.6 Å². The molecule has 1 heterocycles. The molecule has 0 radical (unpaired) electrons. The highest BCUT2D eigenvalue weighted by Crippen LogP contribution is 2.25. The second kappa shape index (κ2) is 12.6. The molecule has 1 aromatic heterocycles. The Kier molecular flexibility index (Phi) is 10.2. The Labute approximate surface area is 185 Å². The van der Waals surface area contributed by atoms with Crippen molar-refractivity contribution >= 4 is 17.2 Å². The second-order valence-corrected chi connectivity index (χ2v) is 9.47. The average Bonchev–Trinajstić information content (AvgIpc) is 2.73. The molecule has 0 saturated carbocycles. The molecule has 0 aliphatic rings. The van der Waals surface area contributed by atoms with Gasteiger partial charge in [0, 0.05) is 18.8 Å². The Morgan fingerprint density at radius 2 is 1.30 bits per heavy atom. The van der Waals surface area contributed by atoms with Gasteiger partial charge in [-0.25, -0.2) is 4.98 Å². The van der Waals surface area contributed by atoms with Crippen LogP contribution in [0, 0.1) is 0 Å². The van der Waals surface area contributed by atoms with E-state index in [1.807, 2.05) is 6.20 Å². The van der Waals surface area contributed by atoms with Gasteiger partial charge < -0.3 is 10.2 Å². The largest absolute Gasteiger partial charge is 0.357 e. The lowest BCUT2D eigenvalue weighted by Gasteiger charge is -2.24. The SMILES string of the molecule is CCCCCCN(CCCCCC)c1ccc(Nc2ccc(C(C)(C)C)cc2)cn1. The monoisotopic (exact) mass is 409 g/mol. The maximum Gasteiger partial charge on any atom is 0.128 e. The number of nitrogens with one attached hydrogen (secondary N) is 1. The number of benzene rings is 1. The van der Waals surface area contributed by atoms with Gasteiger partial charge in [-0.3, -0.25) is 0 Å². The predicted octanol–water partition coefficient (Wildman–Crippen LogP) is 8.09. The molecule has 0 bridgehead atoms. The number of hydrogen-bond donors (Lipinski definition) is 1. The molecule has 1 N–H and O–H groups in total. The Balaban J connectivity index is 1.98. The van der Waals surface area contributed by atoms with Gasteiger partial charge in [0.1, 0.15) is 5.82 Å². The summed E-state index contributed by atoms with van der Waals surface area (Å²) >= 11 is 0. The minimum atomic E-state index is 0.180. The molecule has 166 valence electrons. The van der Waals surface area contributed by atoms with Crippen LogP contribution in [0.2, 0.25) is 0 Å². The van der Waals surface area contributed by atoms with Crippen molar-refractivity contribution in [3.8, 4) is 0 Å². The van der Waals surface area contributed by atoms with Gasteiger partial charge >= 0.3 is 0 Å². The molecular weight excluding hydrogens is 366 g/mol. The van der Waals surface area contributed by atoms with Gasteiger partial charge in [-0.05, 0) is 48.1 Å². The minimum absolute atomic E-state index is 0.180. The van der Waals surface area contributed by atoms with Crippen molar-refractivity contribution in [1.29, 1.82) is 0 Å². The lowest BCUT2D eigenvalue weighted by atomic mass is 9.87. The van der Waals surface area contributed by atoms with Crippen LogP contribution in [0.5, 0.6) is 0 Å². The lowest BCUT2D eigenvalue weighted by Crippen LogP contribution is -2.26. The molecular formula is C27H43N3. The fourth-order valence-electron chi connectivity index (χ4n) is 3.67. The third kappa shape index (κ3) is 8.38.